The average molecular weight is 429 g/mol. The lowest BCUT2D eigenvalue weighted by Gasteiger charge is -2.32. The summed E-state index contributed by atoms with van der Waals surface area (Å²) in [5, 5.41) is 0. The maximum atomic E-state index is 13.4. The van der Waals surface area contributed by atoms with Gasteiger partial charge in [0, 0.05) is 24.8 Å². The second kappa shape index (κ2) is 11.0. The van der Waals surface area contributed by atoms with Crippen LogP contribution in [0.4, 0.5) is 0 Å². The molecule has 7 heteroatoms. The van der Waals surface area contributed by atoms with Gasteiger partial charge in [-0.25, -0.2) is 0 Å². The number of nitrogens with zero attached hydrogens (tertiary/aromatic N) is 2. The zero-order valence-corrected chi connectivity index (χ0v) is 18.6. The molecular formula is C24H32N2O5. The molecule has 3 rings (SSSR count). The van der Waals surface area contributed by atoms with Crippen LogP contribution in [0.3, 0.4) is 0 Å². The molecule has 2 unspecified atom stereocenters. The Hall–Kier alpha value is -2.80. The van der Waals surface area contributed by atoms with E-state index >= 15 is 0 Å². The number of hydrogen-bond donors (Lipinski definition) is 0. The number of methoxy groups -OCH3 is 1. The SMILES string of the molecule is CCC(C)N(CC(=O)N(Cc1ccco1)CC1CCCO1)C(=O)c1cccc(OC)c1. The van der Waals surface area contributed by atoms with Gasteiger partial charge in [0.1, 0.15) is 18.1 Å². The molecule has 168 valence electrons. The van der Waals surface area contributed by atoms with Gasteiger partial charge in [-0.05, 0) is 56.5 Å². The van der Waals surface area contributed by atoms with Crippen molar-refractivity contribution >= 4 is 11.8 Å². The van der Waals surface area contributed by atoms with Gasteiger partial charge in [-0.2, -0.15) is 0 Å². The number of furan rings is 1. The van der Waals surface area contributed by atoms with Gasteiger partial charge < -0.3 is 23.7 Å². The molecule has 2 heterocycles. The highest BCUT2D eigenvalue weighted by Gasteiger charge is 2.28. The largest absolute Gasteiger partial charge is 0.497 e. The van der Waals surface area contributed by atoms with E-state index in [9.17, 15) is 9.59 Å². The van der Waals surface area contributed by atoms with Crippen molar-refractivity contribution in [1.29, 1.82) is 0 Å². The molecule has 7 nitrogen and oxygen atoms in total. The smallest absolute Gasteiger partial charge is 0.254 e. The van der Waals surface area contributed by atoms with E-state index in [2.05, 4.69) is 0 Å². The fourth-order valence-corrected chi connectivity index (χ4v) is 3.70. The Balaban J connectivity index is 1.77. The van der Waals surface area contributed by atoms with Crippen LogP contribution < -0.4 is 4.74 Å². The molecule has 1 fully saturated rings. The molecule has 0 N–H and O–H groups in total. The monoisotopic (exact) mass is 428 g/mol. The molecule has 0 saturated carbocycles. The van der Waals surface area contributed by atoms with E-state index in [1.807, 2.05) is 26.0 Å². The normalized spacial score (nSPS) is 16.7. The molecule has 2 aromatic rings. The van der Waals surface area contributed by atoms with Crippen LogP contribution in [0.1, 0.15) is 49.2 Å². The zero-order valence-electron chi connectivity index (χ0n) is 18.6. The van der Waals surface area contributed by atoms with Crippen LogP contribution in [-0.2, 0) is 16.1 Å². The molecule has 0 bridgehead atoms. The van der Waals surface area contributed by atoms with Crippen LogP contribution in [0.15, 0.2) is 47.1 Å². The third-order valence-electron chi connectivity index (χ3n) is 5.73. The summed E-state index contributed by atoms with van der Waals surface area (Å²) in [5.74, 6) is 1.01. The van der Waals surface area contributed by atoms with E-state index in [1.165, 1.54) is 0 Å². The van der Waals surface area contributed by atoms with Crippen LogP contribution in [-0.4, -0.2) is 60.6 Å². The molecule has 0 aliphatic carbocycles. The molecule has 0 radical (unpaired) electrons. The number of hydrogen-bond acceptors (Lipinski definition) is 5. The highest BCUT2D eigenvalue weighted by molar-refractivity contribution is 5.97. The topological polar surface area (TPSA) is 72.2 Å². The Morgan fingerprint density at radius 1 is 1.26 bits per heavy atom. The average Bonchev–Trinajstić information content (AvgIpc) is 3.50. The minimum atomic E-state index is -0.184. The summed E-state index contributed by atoms with van der Waals surface area (Å²) < 4.78 is 16.5. The number of ether oxygens (including phenoxy) is 2. The maximum Gasteiger partial charge on any atom is 0.254 e. The predicted molar refractivity (Wildman–Crippen MR) is 117 cm³/mol. The summed E-state index contributed by atoms with van der Waals surface area (Å²) >= 11 is 0. The summed E-state index contributed by atoms with van der Waals surface area (Å²) in [6.07, 6.45) is 4.29. The third kappa shape index (κ3) is 6.10. The summed E-state index contributed by atoms with van der Waals surface area (Å²) in [6.45, 7) is 5.53. The zero-order chi connectivity index (χ0) is 22.2. The Morgan fingerprint density at radius 3 is 2.74 bits per heavy atom. The highest BCUT2D eigenvalue weighted by Crippen LogP contribution is 2.19. The summed E-state index contributed by atoms with van der Waals surface area (Å²) in [6, 6.07) is 10.6. The number of rotatable bonds is 10. The summed E-state index contributed by atoms with van der Waals surface area (Å²) in [4.78, 5) is 30.0. The van der Waals surface area contributed by atoms with E-state index in [1.54, 1.807) is 47.4 Å². The predicted octanol–water partition coefficient (Wildman–Crippen LogP) is 3.74. The number of amides is 2. The van der Waals surface area contributed by atoms with Gasteiger partial charge in [0.15, 0.2) is 0 Å². The minimum Gasteiger partial charge on any atom is -0.497 e. The van der Waals surface area contributed by atoms with Gasteiger partial charge in [-0.1, -0.05) is 13.0 Å². The van der Waals surface area contributed by atoms with Gasteiger partial charge in [-0.15, -0.1) is 0 Å². The standard InChI is InChI=1S/C24H32N2O5/c1-4-18(2)26(24(28)19-8-5-9-20(14-19)29-3)17-23(27)25(15-21-10-6-12-30-21)16-22-11-7-13-31-22/h5-6,8-10,12,14,18,22H,4,7,11,13,15-17H2,1-3H3. The lowest BCUT2D eigenvalue weighted by molar-refractivity contribution is -0.134. The second-order valence-electron chi connectivity index (χ2n) is 7.91. The van der Waals surface area contributed by atoms with Gasteiger partial charge >= 0.3 is 0 Å². The number of carbonyl (C=O) groups is 2. The molecule has 2 amide bonds. The third-order valence-corrected chi connectivity index (χ3v) is 5.73. The first kappa shape index (κ1) is 22.9. The molecule has 31 heavy (non-hydrogen) atoms. The van der Waals surface area contributed by atoms with Crippen molar-refractivity contribution < 1.29 is 23.5 Å². The number of carbonyl (C=O) groups excluding carboxylic acids is 2. The fraction of sp³-hybridized carbons (Fsp3) is 0.500. The van der Waals surface area contributed by atoms with E-state index in [0.29, 0.717) is 30.2 Å². The highest BCUT2D eigenvalue weighted by atomic mass is 16.5. The van der Waals surface area contributed by atoms with Gasteiger partial charge in [0.2, 0.25) is 5.91 Å². The summed E-state index contributed by atoms with van der Waals surface area (Å²) in [5.41, 5.74) is 0.504. The maximum absolute atomic E-state index is 13.4. The minimum absolute atomic E-state index is 0.00151. The lowest BCUT2D eigenvalue weighted by atomic mass is 10.1. The van der Waals surface area contributed by atoms with E-state index in [0.717, 1.165) is 25.9 Å². The first-order valence-electron chi connectivity index (χ1n) is 10.9. The summed E-state index contributed by atoms with van der Waals surface area (Å²) in [7, 11) is 1.57. The van der Waals surface area contributed by atoms with Crippen molar-refractivity contribution in [1.82, 2.24) is 9.80 Å². The Labute approximate surface area is 183 Å². The van der Waals surface area contributed by atoms with Crippen LogP contribution in [0.25, 0.3) is 0 Å². The van der Waals surface area contributed by atoms with E-state index in [-0.39, 0.29) is 30.5 Å². The van der Waals surface area contributed by atoms with Crippen molar-refractivity contribution in [2.75, 3.05) is 26.8 Å². The lowest BCUT2D eigenvalue weighted by Crippen LogP contribution is -2.47. The van der Waals surface area contributed by atoms with Crippen molar-refractivity contribution in [3.05, 3.63) is 54.0 Å². The number of benzene rings is 1. The van der Waals surface area contributed by atoms with Crippen molar-refractivity contribution in [2.45, 2.75) is 51.8 Å². The van der Waals surface area contributed by atoms with Crippen molar-refractivity contribution in [3.8, 4) is 5.75 Å². The van der Waals surface area contributed by atoms with Crippen LogP contribution in [0, 0.1) is 0 Å². The first-order chi connectivity index (χ1) is 15.0. The van der Waals surface area contributed by atoms with Crippen LogP contribution >= 0.6 is 0 Å². The molecule has 0 spiro atoms. The Kier molecular flexibility index (Phi) is 8.12. The Bertz CT molecular complexity index is 845. The van der Waals surface area contributed by atoms with E-state index in [4.69, 9.17) is 13.9 Å². The second-order valence-corrected chi connectivity index (χ2v) is 7.91. The first-order valence-corrected chi connectivity index (χ1v) is 10.9. The molecule has 2 atom stereocenters. The molecule has 1 aromatic heterocycles. The van der Waals surface area contributed by atoms with Crippen molar-refractivity contribution in [2.24, 2.45) is 0 Å². The molecule has 1 aromatic carbocycles. The molecule has 1 aliphatic heterocycles. The van der Waals surface area contributed by atoms with Gasteiger partial charge in [0.05, 0.1) is 26.0 Å². The molecule has 1 aliphatic rings. The molecule has 1 saturated heterocycles. The van der Waals surface area contributed by atoms with Gasteiger partial charge in [-0.3, -0.25) is 9.59 Å². The molecular weight excluding hydrogens is 396 g/mol. The quantitative estimate of drug-likeness (QED) is 0.577. The van der Waals surface area contributed by atoms with Gasteiger partial charge in [0.25, 0.3) is 5.91 Å². The Morgan fingerprint density at radius 2 is 2.10 bits per heavy atom. The fourth-order valence-electron chi connectivity index (χ4n) is 3.70. The van der Waals surface area contributed by atoms with Crippen molar-refractivity contribution in [3.63, 3.8) is 0 Å². The van der Waals surface area contributed by atoms with Crippen LogP contribution in [0.5, 0.6) is 5.75 Å². The van der Waals surface area contributed by atoms with Crippen LogP contribution in [0.2, 0.25) is 0 Å². The van der Waals surface area contributed by atoms with E-state index < -0.39 is 0 Å².